The Bertz CT molecular complexity index is 550. The first-order valence-corrected chi connectivity index (χ1v) is 6.83. The fourth-order valence-electron chi connectivity index (χ4n) is 2.24. The number of hydrogen-bond donors (Lipinski definition) is 1. The van der Waals surface area contributed by atoms with E-state index in [0.29, 0.717) is 5.02 Å². The van der Waals surface area contributed by atoms with E-state index in [1.165, 1.54) is 5.69 Å². The van der Waals surface area contributed by atoms with E-state index in [1.54, 1.807) is 12.4 Å². The summed E-state index contributed by atoms with van der Waals surface area (Å²) in [6.45, 7) is 4.98. The van der Waals surface area contributed by atoms with E-state index in [1.807, 2.05) is 24.7 Å². The predicted molar refractivity (Wildman–Crippen MR) is 77.4 cm³/mol. The average molecular weight is 279 g/mol. The minimum Gasteiger partial charge on any atom is -0.311 e. The Labute approximate surface area is 118 Å². The lowest BCUT2D eigenvalue weighted by Crippen LogP contribution is -2.22. The smallest absolute Gasteiger partial charge is 0.0622 e. The van der Waals surface area contributed by atoms with Gasteiger partial charge in [0.2, 0.25) is 0 Å². The van der Waals surface area contributed by atoms with Gasteiger partial charge in [-0.25, -0.2) is 0 Å². The lowest BCUT2D eigenvalue weighted by molar-refractivity contribution is 0.512. The van der Waals surface area contributed by atoms with E-state index >= 15 is 0 Å². The van der Waals surface area contributed by atoms with Crippen molar-refractivity contribution in [3.63, 3.8) is 0 Å². The lowest BCUT2D eigenvalue weighted by atomic mass is 10.0. The maximum atomic E-state index is 6.18. The van der Waals surface area contributed by atoms with E-state index in [9.17, 15) is 0 Å². The second-order valence-corrected chi connectivity index (χ2v) is 4.95. The van der Waals surface area contributed by atoms with Crippen molar-refractivity contribution in [1.82, 2.24) is 20.1 Å². The molecule has 0 spiro atoms. The van der Waals surface area contributed by atoms with Gasteiger partial charge in [-0.3, -0.25) is 9.67 Å². The molecule has 0 aliphatic carbocycles. The Morgan fingerprint density at radius 3 is 2.89 bits per heavy atom. The number of likely N-dealkylation sites (N-methyl/N-ethyl adjacent to an activating group) is 1. The third-order valence-electron chi connectivity index (χ3n) is 3.22. The Hall–Kier alpha value is -1.39. The van der Waals surface area contributed by atoms with Gasteiger partial charge in [-0.1, -0.05) is 11.6 Å². The molecule has 5 heteroatoms. The number of rotatable bonds is 5. The fraction of sp³-hybridized carbons (Fsp3) is 0.429. The summed E-state index contributed by atoms with van der Waals surface area (Å²) >= 11 is 6.18. The lowest BCUT2D eigenvalue weighted by Gasteiger charge is -2.18. The van der Waals surface area contributed by atoms with Crippen LogP contribution in [0.5, 0.6) is 0 Å². The number of nitrogens with one attached hydrogen (secondary N) is 1. The van der Waals surface area contributed by atoms with Crippen molar-refractivity contribution in [2.45, 2.75) is 32.9 Å². The number of pyridine rings is 1. The first-order chi connectivity index (χ1) is 9.15. The van der Waals surface area contributed by atoms with E-state index in [4.69, 9.17) is 11.6 Å². The molecule has 2 aromatic rings. The highest BCUT2D eigenvalue weighted by Crippen LogP contribution is 2.23. The summed E-state index contributed by atoms with van der Waals surface area (Å²) in [7, 11) is 1.96. The highest BCUT2D eigenvalue weighted by Gasteiger charge is 2.17. The quantitative estimate of drug-likeness (QED) is 0.914. The van der Waals surface area contributed by atoms with Crippen molar-refractivity contribution in [2.75, 3.05) is 7.05 Å². The maximum Gasteiger partial charge on any atom is 0.0622 e. The van der Waals surface area contributed by atoms with Crippen LogP contribution in [0.1, 0.15) is 29.9 Å². The predicted octanol–water partition coefficient (Wildman–Crippen LogP) is 2.76. The topological polar surface area (TPSA) is 42.7 Å². The van der Waals surface area contributed by atoms with Crippen molar-refractivity contribution in [2.24, 2.45) is 0 Å². The number of nitrogens with zero attached hydrogens (tertiary/aromatic N) is 3. The van der Waals surface area contributed by atoms with Gasteiger partial charge in [0.25, 0.3) is 0 Å². The first kappa shape index (κ1) is 14.0. The molecule has 0 saturated carbocycles. The summed E-state index contributed by atoms with van der Waals surface area (Å²) in [6.07, 6.45) is 4.28. The van der Waals surface area contributed by atoms with Gasteiger partial charge in [-0.15, -0.1) is 0 Å². The van der Waals surface area contributed by atoms with Crippen LogP contribution < -0.4 is 5.32 Å². The molecular formula is C14H19ClN4. The molecule has 0 aliphatic rings. The molecule has 19 heavy (non-hydrogen) atoms. The van der Waals surface area contributed by atoms with Crippen molar-refractivity contribution in [3.05, 3.63) is 46.5 Å². The SMILES string of the molecule is CCn1nc(C)cc1C(Cc1ccncc1Cl)NC. The monoisotopic (exact) mass is 278 g/mol. The third-order valence-corrected chi connectivity index (χ3v) is 3.56. The fourth-order valence-corrected chi connectivity index (χ4v) is 2.44. The van der Waals surface area contributed by atoms with Gasteiger partial charge in [0.1, 0.15) is 0 Å². The zero-order valence-corrected chi connectivity index (χ0v) is 12.3. The molecule has 0 fully saturated rings. The number of aromatic nitrogens is 3. The standard InChI is InChI=1S/C14H19ClN4/c1-4-19-14(7-10(2)18-19)13(16-3)8-11-5-6-17-9-12(11)15/h5-7,9,13,16H,4,8H2,1-3H3. The molecule has 0 amide bonds. The summed E-state index contributed by atoms with van der Waals surface area (Å²) in [4.78, 5) is 4.02. The number of hydrogen-bond acceptors (Lipinski definition) is 3. The first-order valence-electron chi connectivity index (χ1n) is 6.45. The average Bonchev–Trinajstić information content (AvgIpc) is 2.79. The van der Waals surface area contributed by atoms with Crippen LogP contribution in [0.3, 0.4) is 0 Å². The second kappa shape index (κ2) is 6.17. The third kappa shape index (κ3) is 3.14. The maximum absolute atomic E-state index is 6.18. The summed E-state index contributed by atoms with van der Waals surface area (Å²) in [6, 6.07) is 4.28. The van der Waals surface area contributed by atoms with Crippen LogP contribution in [0.4, 0.5) is 0 Å². The van der Waals surface area contributed by atoms with Crippen LogP contribution in [0.2, 0.25) is 5.02 Å². The highest BCUT2D eigenvalue weighted by molar-refractivity contribution is 6.31. The number of halogens is 1. The van der Waals surface area contributed by atoms with Gasteiger partial charge in [0.05, 0.1) is 22.5 Å². The molecule has 4 nitrogen and oxygen atoms in total. The van der Waals surface area contributed by atoms with Gasteiger partial charge >= 0.3 is 0 Å². The Morgan fingerprint density at radius 2 is 2.26 bits per heavy atom. The second-order valence-electron chi connectivity index (χ2n) is 4.54. The zero-order valence-electron chi connectivity index (χ0n) is 11.5. The van der Waals surface area contributed by atoms with E-state index in [0.717, 1.165) is 24.2 Å². The van der Waals surface area contributed by atoms with Crippen LogP contribution in [0, 0.1) is 6.92 Å². The van der Waals surface area contributed by atoms with Gasteiger partial charge in [-0.05, 0) is 45.0 Å². The minimum absolute atomic E-state index is 0.195. The molecule has 2 aromatic heterocycles. The van der Waals surface area contributed by atoms with Crippen LogP contribution in [-0.2, 0) is 13.0 Å². The number of aryl methyl sites for hydroxylation is 2. The summed E-state index contributed by atoms with van der Waals surface area (Å²) < 4.78 is 2.03. The zero-order chi connectivity index (χ0) is 13.8. The molecule has 0 aromatic carbocycles. The molecule has 0 radical (unpaired) electrons. The molecule has 1 N–H and O–H groups in total. The molecule has 1 atom stereocenters. The summed E-state index contributed by atoms with van der Waals surface area (Å²) in [5, 5.41) is 8.55. The van der Waals surface area contributed by atoms with Crippen molar-refractivity contribution >= 4 is 11.6 Å². The van der Waals surface area contributed by atoms with E-state index in [2.05, 4.69) is 28.4 Å². The molecule has 2 heterocycles. The highest BCUT2D eigenvalue weighted by atomic mass is 35.5. The van der Waals surface area contributed by atoms with Gasteiger partial charge in [0.15, 0.2) is 0 Å². The minimum atomic E-state index is 0.195. The van der Waals surface area contributed by atoms with Crippen LogP contribution in [-0.4, -0.2) is 21.8 Å². The molecular weight excluding hydrogens is 260 g/mol. The Kier molecular flexibility index (Phi) is 4.56. The summed E-state index contributed by atoms with van der Waals surface area (Å²) in [5.74, 6) is 0. The van der Waals surface area contributed by atoms with Crippen molar-refractivity contribution < 1.29 is 0 Å². The molecule has 1 unspecified atom stereocenters. The normalized spacial score (nSPS) is 12.6. The molecule has 0 bridgehead atoms. The molecule has 2 rings (SSSR count). The van der Waals surface area contributed by atoms with Gasteiger partial charge in [0, 0.05) is 18.9 Å². The summed E-state index contributed by atoms with van der Waals surface area (Å²) in [5.41, 5.74) is 3.32. The van der Waals surface area contributed by atoms with E-state index in [-0.39, 0.29) is 6.04 Å². The Balaban J connectivity index is 2.27. The van der Waals surface area contributed by atoms with Crippen LogP contribution >= 0.6 is 11.6 Å². The molecule has 0 aliphatic heterocycles. The molecule has 102 valence electrons. The van der Waals surface area contributed by atoms with Crippen molar-refractivity contribution in [3.8, 4) is 0 Å². The van der Waals surface area contributed by atoms with Crippen LogP contribution in [0.15, 0.2) is 24.5 Å². The van der Waals surface area contributed by atoms with Gasteiger partial charge in [-0.2, -0.15) is 5.10 Å². The largest absolute Gasteiger partial charge is 0.311 e. The Morgan fingerprint density at radius 1 is 1.47 bits per heavy atom. The van der Waals surface area contributed by atoms with Crippen LogP contribution in [0.25, 0.3) is 0 Å². The molecule has 0 saturated heterocycles. The van der Waals surface area contributed by atoms with Crippen molar-refractivity contribution in [1.29, 1.82) is 0 Å². The van der Waals surface area contributed by atoms with E-state index < -0.39 is 0 Å². The van der Waals surface area contributed by atoms with Gasteiger partial charge < -0.3 is 5.32 Å².